The van der Waals surface area contributed by atoms with E-state index in [1.807, 2.05) is 6.07 Å². The molecule has 1 saturated carbocycles. The monoisotopic (exact) mass is 234 g/mol. The van der Waals surface area contributed by atoms with Gasteiger partial charge in [-0.25, -0.2) is 9.97 Å². The molecule has 0 aromatic carbocycles. The van der Waals surface area contributed by atoms with Gasteiger partial charge in [0.15, 0.2) is 0 Å². The van der Waals surface area contributed by atoms with Crippen LogP contribution in [0.3, 0.4) is 0 Å². The SMILES string of the molecule is CCCN(CC1CC1)c1cc(N)nc(CC)n1. The van der Waals surface area contributed by atoms with E-state index in [0.717, 1.165) is 43.5 Å². The van der Waals surface area contributed by atoms with Crippen molar-refractivity contribution in [2.75, 3.05) is 23.7 Å². The Labute approximate surface area is 103 Å². The van der Waals surface area contributed by atoms with Crippen molar-refractivity contribution in [3.05, 3.63) is 11.9 Å². The molecular weight excluding hydrogens is 212 g/mol. The van der Waals surface area contributed by atoms with Gasteiger partial charge in [0.1, 0.15) is 17.5 Å². The highest BCUT2D eigenvalue weighted by atomic mass is 15.2. The first-order valence-electron chi connectivity index (χ1n) is 6.61. The molecule has 1 fully saturated rings. The molecule has 2 rings (SSSR count). The minimum atomic E-state index is 0.587. The summed E-state index contributed by atoms with van der Waals surface area (Å²) < 4.78 is 0. The molecule has 1 heterocycles. The number of aromatic nitrogens is 2. The molecule has 0 amide bonds. The first-order valence-corrected chi connectivity index (χ1v) is 6.61. The molecule has 94 valence electrons. The van der Waals surface area contributed by atoms with Crippen molar-refractivity contribution in [3.63, 3.8) is 0 Å². The number of rotatable bonds is 6. The smallest absolute Gasteiger partial charge is 0.134 e. The zero-order valence-electron chi connectivity index (χ0n) is 10.8. The Morgan fingerprint density at radius 1 is 1.35 bits per heavy atom. The van der Waals surface area contributed by atoms with Crippen molar-refractivity contribution in [3.8, 4) is 0 Å². The number of nitrogens with zero attached hydrogens (tertiary/aromatic N) is 3. The van der Waals surface area contributed by atoms with E-state index in [-0.39, 0.29) is 0 Å². The van der Waals surface area contributed by atoms with Crippen LogP contribution in [0.5, 0.6) is 0 Å². The van der Waals surface area contributed by atoms with Crippen molar-refractivity contribution < 1.29 is 0 Å². The Morgan fingerprint density at radius 2 is 2.12 bits per heavy atom. The van der Waals surface area contributed by atoms with Crippen LogP contribution in [0.4, 0.5) is 11.6 Å². The minimum Gasteiger partial charge on any atom is -0.384 e. The summed E-state index contributed by atoms with van der Waals surface area (Å²) in [5.74, 6) is 3.30. The number of aryl methyl sites for hydroxylation is 1. The lowest BCUT2D eigenvalue weighted by atomic mass is 10.3. The average Bonchev–Trinajstić information content (AvgIpc) is 3.11. The average molecular weight is 234 g/mol. The summed E-state index contributed by atoms with van der Waals surface area (Å²) in [4.78, 5) is 11.2. The highest BCUT2D eigenvalue weighted by Gasteiger charge is 2.24. The summed E-state index contributed by atoms with van der Waals surface area (Å²) in [5.41, 5.74) is 5.84. The lowest BCUT2D eigenvalue weighted by Gasteiger charge is -2.23. The van der Waals surface area contributed by atoms with E-state index in [0.29, 0.717) is 5.82 Å². The van der Waals surface area contributed by atoms with Crippen molar-refractivity contribution in [1.82, 2.24) is 9.97 Å². The van der Waals surface area contributed by atoms with E-state index in [2.05, 4.69) is 28.7 Å². The maximum Gasteiger partial charge on any atom is 0.134 e. The number of nitrogen functional groups attached to an aromatic ring is 1. The van der Waals surface area contributed by atoms with Gasteiger partial charge in [-0.15, -0.1) is 0 Å². The Morgan fingerprint density at radius 3 is 2.71 bits per heavy atom. The zero-order valence-corrected chi connectivity index (χ0v) is 10.8. The Kier molecular flexibility index (Phi) is 3.82. The maximum atomic E-state index is 5.84. The molecule has 0 aliphatic heterocycles. The predicted molar refractivity (Wildman–Crippen MR) is 71.1 cm³/mol. The van der Waals surface area contributed by atoms with Crippen LogP contribution in [-0.2, 0) is 6.42 Å². The molecule has 0 saturated heterocycles. The summed E-state index contributed by atoms with van der Waals surface area (Å²) >= 11 is 0. The summed E-state index contributed by atoms with van der Waals surface area (Å²) in [6.07, 6.45) is 4.70. The number of hydrogen-bond donors (Lipinski definition) is 1. The number of anilines is 2. The zero-order chi connectivity index (χ0) is 12.3. The fraction of sp³-hybridized carbons (Fsp3) is 0.692. The third-order valence-electron chi connectivity index (χ3n) is 3.09. The standard InChI is InChI=1S/C13H22N4/c1-3-7-17(9-10-5-6-10)13-8-11(14)15-12(4-2)16-13/h8,10H,3-7,9H2,1-2H3,(H2,14,15,16). The van der Waals surface area contributed by atoms with E-state index in [4.69, 9.17) is 5.73 Å². The van der Waals surface area contributed by atoms with Crippen LogP contribution in [0.1, 0.15) is 38.9 Å². The second-order valence-corrected chi connectivity index (χ2v) is 4.81. The van der Waals surface area contributed by atoms with Gasteiger partial charge in [-0.2, -0.15) is 0 Å². The summed E-state index contributed by atoms with van der Waals surface area (Å²) in [6.45, 7) is 6.43. The summed E-state index contributed by atoms with van der Waals surface area (Å²) in [5, 5.41) is 0. The van der Waals surface area contributed by atoms with Crippen molar-refractivity contribution in [2.24, 2.45) is 5.92 Å². The van der Waals surface area contributed by atoms with Crippen LogP contribution < -0.4 is 10.6 Å². The highest BCUT2D eigenvalue weighted by molar-refractivity contribution is 5.47. The second-order valence-electron chi connectivity index (χ2n) is 4.81. The predicted octanol–water partition coefficient (Wildman–Crippen LogP) is 2.25. The maximum absolute atomic E-state index is 5.84. The molecule has 1 aromatic heterocycles. The first-order chi connectivity index (χ1) is 8.22. The van der Waals surface area contributed by atoms with Gasteiger partial charge in [-0.3, -0.25) is 0 Å². The van der Waals surface area contributed by atoms with Crippen LogP contribution in [0.2, 0.25) is 0 Å². The molecular formula is C13H22N4. The van der Waals surface area contributed by atoms with Gasteiger partial charge < -0.3 is 10.6 Å². The lowest BCUT2D eigenvalue weighted by molar-refractivity contribution is 0.695. The van der Waals surface area contributed by atoms with E-state index in [1.54, 1.807) is 0 Å². The van der Waals surface area contributed by atoms with Gasteiger partial charge in [0.05, 0.1) is 0 Å². The molecule has 0 bridgehead atoms. The third kappa shape index (κ3) is 3.32. The largest absolute Gasteiger partial charge is 0.384 e. The molecule has 17 heavy (non-hydrogen) atoms. The van der Waals surface area contributed by atoms with E-state index in [1.165, 1.54) is 12.8 Å². The number of nitrogens with two attached hydrogens (primary N) is 1. The molecule has 1 aromatic rings. The van der Waals surface area contributed by atoms with Crippen molar-refractivity contribution in [1.29, 1.82) is 0 Å². The molecule has 0 radical (unpaired) electrons. The van der Waals surface area contributed by atoms with Gasteiger partial charge in [0, 0.05) is 25.6 Å². The summed E-state index contributed by atoms with van der Waals surface area (Å²) in [6, 6.07) is 1.90. The molecule has 2 N–H and O–H groups in total. The van der Waals surface area contributed by atoms with Gasteiger partial charge >= 0.3 is 0 Å². The van der Waals surface area contributed by atoms with E-state index in [9.17, 15) is 0 Å². The lowest BCUT2D eigenvalue weighted by Crippen LogP contribution is -2.28. The van der Waals surface area contributed by atoms with Crippen LogP contribution in [-0.4, -0.2) is 23.1 Å². The first kappa shape index (κ1) is 12.1. The van der Waals surface area contributed by atoms with Crippen LogP contribution in [0, 0.1) is 5.92 Å². The normalized spacial score (nSPS) is 14.9. The molecule has 4 heteroatoms. The Bertz CT molecular complexity index is 374. The Balaban J connectivity index is 2.17. The molecule has 1 aliphatic rings. The third-order valence-corrected chi connectivity index (χ3v) is 3.09. The van der Waals surface area contributed by atoms with E-state index < -0.39 is 0 Å². The highest BCUT2D eigenvalue weighted by Crippen LogP contribution is 2.31. The van der Waals surface area contributed by atoms with Crippen LogP contribution in [0.25, 0.3) is 0 Å². The van der Waals surface area contributed by atoms with Crippen LogP contribution in [0.15, 0.2) is 6.07 Å². The summed E-state index contributed by atoms with van der Waals surface area (Å²) in [7, 11) is 0. The molecule has 0 unspecified atom stereocenters. The quantitative estimate of drug-likeness (QED) is 0.820. The molecule has 0 atom stereocenters. The Hall–Kier alpha value is -1.32. The van der Waals surface area contributed by atoms with E-state index >= 15 is 0 Å². The fourth-order valence-corrected chi connectivity index (χ4v) is 2.00. The molecule has 4 nitrogen and oxygen atoms in total. The topological polar surface area (TPSA) is 55.0 Å². The van der Waals surface area contributed by atoms with Gasteiger partial charge in [0.25, 0.3) is 0 Å². The van der Waals surface area contributed by atoms with Crippen molar-refractivity contribution >= 4 is 11.6 Å². The fourth-order valence-electron chi connectivity index (χ4n) is 2.00. The second kappa shape index (κ2) is 5.34. The van der Waals surface area contributed by atoms with Crippen LogP contribution >= 0.6 is 0 Å². The van der Waals surface area contributed by atoms with Gasteiger partial charge in [-0.05, 0) is 25.2 Å². The van der Waals surface area contributed by atoms with Crippen molar-refractivity contribution in [2.45, 2.75) is 39.5 Å². The molecule has 1 aliphatic carbocycles. The van der Waals surface area contributed by atoms with Gasteiger partial charge in [0.2, 0.25) is 0 Å². The number of hydrogen-bond acceptors (Lipinski definition) is 4. The minimum absolute atomic E-state index is 0.587. The van der Waals surface area contributed by atoms with Gasteiger partial charge in [-0.1, -0.05) is 13.8 Å². The molecule has 0 spiro atoms.